The van der Waals surface area contributed by atoms with Gasteiger partial charge < -0.3 is 21.3 Å². The Labute approximate surface area is 233 Å². The third kappa shape index (κ3) is 8.41. The number of aromatic nitrogens is 3. The van der Waals surface area contributed by atoms with Crippen molar-refractivity contribution >= 4 is 48.4 Å². The van der Waals surface area contributed by atoms with Crippen molar-refractivity contribution in [2.24, 2.45) is 0 Å². The van der Waals surface area contributed by atoms with Gasteiger partial charge in [-0.15, -0.1) is 12.4 Å². The zero-order valence-corrected chi connectivity index (χ0v) is 23.1. The molecule has 0 aliphatic carbocycles. The van der Waals surface area contributed by atoms with Gasteiger partial charge >= 0.3 is 0 Å². The van der Waals surface area contributed by atoms with Gasteiger partial charge in [-0.25, -0.2) is 9.97 Å². The van der Waals surface area contributed by atoms with Gasteiger partial charge in [0.15, 0.2) is 0 Å². The van der Waals surface area contributed by atoms with E-state index in [2.05, 4.69) is 31.7 Å². The van der Waals surface area contributed by atoms with Gasteiger partial charge in [0.1, 0.15) is 28.5 Å². The molecule has 4 N–H and O–H groups in total. The number of hydrogen-bond donors (Lipinski definition) is 4. The molecule has 10 nitrogen and oxygen atoms in total. The summed E-state index contributed by atoms with van der Waals surface area (Å²) in [5, 5.41) is 14.7. The van der Waals surface area contributed by atoms with Crippen molar-refractivity contribution in [2.75, 3.05) is 38.2 Å². The van der Waals surface area contributed by atoms with E-state index in [-0.39, 0.29) is 35.6 Å². The van der Waals surface area contributed by atoms with Gasteiger partial charge in [0.25, 0.3) is 0 Å². The third-order valence-electron chi connectivity index (χ3n) is 5.39. The lowest BCUT2D eigenvalue weighted by molar-refractivity contribution is -0.121. The van der Waals surface area contributed by atoms with Crippen LogP contribution in [-0.4, -0.2) is 58.9 Å². The Morgan fingerprint density at radius 2 is 1.84 bits per heavy atom. The maximum atomic E-state index is 12.1. The highest BCUT2D eigenvalue weighted by Gasteiger charge is 2.21. The summed E-state index contributed by atoms with van der Waals surface area (Å²) in [6.07, 6.45) is 0.796. The maximum Gasteiger partial charge on any atom is 0.221 e. The van der Waals surface area contributed by atoms with E-state index in [0.29, 0.717) is 47.8 Å². The Morgan fingerprint density at radius 1 is 1.13 bits per heavy atom. The minimum Gasteiger partial charge on any atom is -0.382 e. The quantitative estimate of drug-likeness (QED) is 0.279. The molecule has 0 saturated heterocycles. The minimum absolute atomic E-state index is 0. The van der Waals surface area contributed by atoms with Gasteiger partial charge in [-0.05, 0) is 44.8 Å². The van der Waals surface area contributed by atoms with E-state index in [1.54, 1.807) is 30.3 Å². The van der Waals surface area contributed by atoms with E-state index in [1.807, 2.05) is 31.1 Å². The molecule has 0 aliphatic rings. The molecule has 0 spiro atoms. The average Bonchev–Trinajstić information content (AvgIpc) is 2.86. The van der Waals surface area contributed by atoms with Gasteiger partial charge in [0.2, 0.25) is 11.8 Å². The van der Waals surface area contributed by atoms with E-state index >= 15 is 0 Å². The molecule has 3 rings (SSSR count). The van der Waals surface area contributed by atoms with Crippen LogP contribution >= 0.6 is 25.0 Å². The van der Waals surface area contributed by atoms with Crippen molar-refractivity contribution in [1.29, 1.82) is 5.26 Å². The molecule has 1 unspecified atom stereocenters. The van der Waals surface area contributed by atoms with Crippen molar-refractivity contribution in [1.82, 2.24) is 25.2 Å². The first kappa shape index (κ1) is 30.5. The van der Waals surface area contributed by atoms with Gasteiger partial charge in [-0.1, -0.05) is 18.2 Å². The molecule has 12 heteroatoms. The summed E-state index contributed by atoms with van der Waals surface area (Å²) in [5.74, 6) is 0.121. The average molecular weight is 555 g/mol. The highest BCUT2D eigenvalue weighted by molar-refractivity contribution is 7.80. The first-order chi connectivity index (χ1) is 17.7. The number of carbonyl (C=O) groups excluding carboxylic acids is 2. The summed E-state index contributed by atoms with van der Waals surface area (Å²) in [4.78, 5) is 39.0. The Hall–Kier alpha value is -3.72. The van der Waals surface area contributed by atoms with Crippen LogP contribution in [0.25, 0.3) is 11.3 Å². The molecular weight excluding hydrogens is 524 g/mol. The summed E-state index contributed by atoms with van der Waals surface area (Å²) >= 11 is 4.70. The molecule has 2 aromatic heterocycles. The fraction of sp³-hybridized carbons (Fsp3) is 0.308. The zero-order valence-electron chi connectivity index (χ0n) is 21.4. The van der Waals surface area contributed by atoms with Crippen LogP contribution in [0.3, 0.4) is 0 Å². The predicted molar refractivity (Wildman–Crippen MR) is 153 cm³/mol. The van der Waals surface area contributed by atoms with Crippen LogP contribution in [0.15, 0.2) is 42.5 Å². The van der Waals surface area contributed by atoms with Gasteiger partial charge in [0, 0.05) is 43.4 Å². The number of rotatable bonds is 10. The molecule has 200 valence electrons. The van der Waals surface area contributed by atoms with E-state index in [1.165, 1.54) is 6.92 Å². The second-order valence-corrected chi connectivity index (χ2v) is 9.19. The number of amides is 2. The molecule has 1 aromatic carbocycles. The first-order valence-electron chi connectivity index (χ1n) is 11.7. The molecule has 2 amide bonds. The Morgan fingerprint density at radius 3 is 2.47 bits per heavy atom. The number of nitriles is 1. The molecule has 0 bridgehead atoms. The highest BCUT2D eigenvalue weighted by atomic mass is 35.5. The van der Waals surface area contributed by atoms with Crippen LogP contribution in [0.1, 0.15) is 41.4 Å². The summed E-state index contributed by atoms with van der Waals surface area (Å²) in [6, 6.07) is 14.5. The van der Waals surface area contributed by atoms with Crippen LogP contribution in [0, 0.1) is 11.3 Å². The lowest BCUT2D eigenvalue weighted by Gasteiger charge is -2.14. The number of nitrogens with zero attached hydrogens (tertiary/aromatic N) is 5. The van der Waals surface area contributed by atoms with Crippen molar-refractivity contribution in [2.45, 2.75) is 25.0 Å². The largest absolute Gasteiger partial charge is 0.382 e. The Balaban J connectivity index is 0.00000507. The van der Waals surface area contributed by atoms with Crippen LogP contribution in [0.4, 0.5) is 11.5 Å². The fourth-order valence-corrected chi connectivity index (χ4v) is 3.78. The fourth-order valence-electron chi connectivity index (χ4n) is 3.52. The smallest absolute Gasteiger partial charge is 0.221 e. The number of pyridine rings is 1. The lowest BCUT2D eigenvalue weighted by atomic mass is 10.1. The van der Waals surface area contributed by atoms with Crippen molar-refractivity contribution in [3.05, 3.63) is 65.2 Å². The van der Waals surface area contributed by atoms with E-state index < -0.39 is 5.25 Å². The second-order valence-electron chi connectivity index (χ2n) is 8.67. The van der Waals surface area contributed by atoms with Gasteiger partial charge in [-0.3, -0.25) is 14.6 Å². The summed E-state index contributed by atoms with van der Waals surface area (Å²) < 4.78 is 0. The number of likely N-dealkylation sites (N-methyl/N-ethyl adjacent to an activating group) is 1. The van der Waals surface area contributed by atoms with E-state index in [9.17, 15) is 14.9 Å². The van der Waals surface area contributed by atoms with Crippen LogP contribution in [-0.2, 0) is 16.0 Å². The minimum atomic E-state index is -0.610. The molecule has 1 atom stereocenters. The normalized spacial score (nSPS) is 11.3. The number of nitrogens with two attached hydrogens (primary N) is 1. The summed E-state index contributed by atoms with van der Waals surface area (Å²) in [5.41, 5.74) is 9.25. The van der Waals surface area contributed by atoms with Crippen molar-refractivity contribution < 1.29 is 9.59 Å². The highest BCUT2D eigenvalue weighted by Crippen LogP contribution is 2.31. The van der Waals surface area contributed by atoms with Crippen molar-refractivity contribution in [3.8, 4) is 17.3 Å². The second kappa shape index (κ2) is 14.3. The Kier molecular flexibility index (Phi) is 11.5. The van der Waals surface area contributed by atoms with Crippen LogP contribution < -0.4 is 16.4 Å². The van der Waals surface area contributed by atoms with Crippen LogP contribution in [0.5, 0.6) is 0 Å². The zero-order chi connectivity index (χ0) is 26.9. The van der Waals surface area contributed by atoms with E-state index in [4.69, 9.17) is 18.4 Å². The molecule has 0 radical (unpaired) electrons. The van der Waals surface area contributed by atoms with Gasteiger partial charge in [-0.2, -0.15) is 17.9 Å². The van der Waals surface area contributed by atoms with E-state index in [0.717, 1.165) is 12.2 Å². The summed E-state index contributed by atoms with van der Waals surface area (Å²) in [6.45, 7) is 2.79. The standard InChI is InChI=1S/C26H30N8O2S.ClH/c1-16(35)30-19-9-7-17(8-10-19)23-20(15-27)25(28)33-26(32-23)24(37)21-6-4-5-18(31-21)11-12-22(36)29-13-14-34(2)3;/h4-10,24,37H,11-14H2,1-3H3,(H,29,36)(H,30,35)(H2,28,32,33);1H. The number of hydrogen-bond acceptors (Lipinski definition) is 9. The first-order valence-corrected chi connectivity index (χ1v) is 12.2. The van der Waals surface area contributed by atoms with Gasteiger partial charge in [0.05, 0.1) is 11.4 Å². The number of carbonyl (C=O) groups is 2. The number of nitrogens with one attached hydrogen (secondary N) is 2. The molecule has 0 fully saturated rings. The summed E-state index contributed by atoms with van der Waals surface area (Å²) in [7, 11) is 3.90. The molecule has 38 heavy (non-hydrogen) atoms. The number of thiol groups is 1. The lowest BCUT2D eigenvalue weighted by Crippen LogP contribution is -2.31. The number of benzene rings is 1. The number of aryl methyl sites for hydroxylation is 1. The number of anilines is 2. The van der Waals surface area contributed by atoms with Crippen molar-refractivity contribution in [3.63, 3.8) is 0 Å². The maximum absolute atomic E-state index is 12.1. The monoisotopic (exact) mass is 554 g/mol. The SMILES string of the molecule is CC(=O)Nc1ccc(-c2nc(C(S)c3cccc(CCC(=O)NCCN(C)C)n3)nc(N)c2C#N)cc1.Cl. The van der Waals surface area contributed by atoms with Crippen LogP contribution in [0.2, 0.25) is 0 Å². The molecular formula is C26H31ClN8O2S. The molecule has 0 saturated carbocycles. The predicted octanol–water partition coefficient (Wildman–Crippen LogP) is 3.00. The Bertz CT molecular complexity index is 1310. The topological polar surface area (TPSA) is 150 Å². The third-order valence-corrected chi connectivity index (χ3v) is 5.88. The number of halogens is 1. The molecule has 2 heterocycles. The molecule has 0 aliphatic heterocycles. The number of nitrogen functional groups attached to an aromatic ring is 1. The molecule has 3 aromatic rings.